The molecule has 0 aromatic heterocycles. The number of carbonyl (C=O) groups is 1. The number of hydrogen-bond acceptors (Lipinski definition) is 4. The summed E-state index contributed by atoms with van der Waals surface area (Å²) in [5.41, 5.74) is 3.87. The molecule has 1 amide bonds. The van der Waals surface area contributed by atoms with Crippen molar-refractivity contribution in [3.8, 4) is 0 Å². The van der Waals surface area contributed by atoms with Crippen molar-refractivity contribution in [2.45, 2.75) is 0 Å². The van der Waals surface area contributed by atoms with Gasteiger partial charge in [-0.25, -0.2) is 5.43 Å². The van der Waals surface area contributed by atoms with Crippen LogP contribution in [0.5, 0.6) is 0 Å². The molecule has 0 radical (unpaired) electrons. The van der Waals surface area contributed by atoms with E-state index < -0.39 is 0 Å². The molecule has 106 valence electrons. The number of carbonyl (C=O) groups excluding carboxylic acids is 1. The summed E-state index contributed by atoms with van der Waals surface area (Å²) < 4.78 is 0. The van der Waals surface area contributed by atoms with Crippen molar-refractivity contribution in [2.24, 2.45) is 10.3 Å². The zero-order valence-electron chi connectivity index (χ0n) is 11.0. The van der Waals surface area contributed by atoms with Crippen LogP contribution in [0.4, 0.5) is 0 Å². The van der Waals surface area contributed by atoms with E-state index in [1.165, 1.54) is 0 Å². The van der Waals surface area contributed by atoms with E-state index in [1.807, 2.05) is 6.07 Å². The Bertz CT molecular complexity index is 672. The normalized spacial score (nSPS) is 11.0. The van der Waals surface area contributed by atoms with E-state index in [1.54, 1.807) is 48.5 Å². The second-order valence-electron chi connectivity index (χ2n) is 4.16. The van der Waals surface area contributed by atoms with Gasteiger partial charge in [-0.15, -0.1) is 0 Å². The molecule has 0 aliphatic carbocycles. The zero-order chi connectivity index (χ0) is 15.1. The van der Waals surface area contributed by atoms with Crippen LogP contribution in [-0.2, 0) is 0 Å². The van der Waals surface area contributed by atoms with Gasteiger partial charge in [0, 0.05) is 16.1 Å². The minimum atomic E-state index is -0.360. The van der Waals surface area contributed by atoms with Crippen LogP contribution < -0.4 is 5.43 Å². The van der Waals surface area contributed by atoms with Crippen LogP contribution in [0.1, 0.15) is 15.9 Å². The van der Waals surface area contributed by atoms with Crippen LogP contribution in [-0.4, -0.2) is 18.2 Å². The van der Waals surface area contributed by atoms with Crippen molar-refractivity contribution in [2.75, 3.05) is 6.54 Å². The first-order valence-corrected chi connectivity index (χ1v) is 6.55. The van der Waals surface area contributed by atoms with Gasteiger partial charge in [-0.05, 0) is 24.3 Å². The molecule has 0 heterocycles. The van der Waals surface area contributed by atoms with Gasteiger partial charge in [0.05, 0.1) is 5.71 Å². The molecule has 0 saturated carbocycles. The monoisotopic (exact) mass is 301 g/mol. The predicted octanol–water partition coefficient (Wildman–Crippen LogP) is 3.24. The average molecular weight is 302 g/mol. The van der Waals surface area contributed by atoms with Crippen LogP contribution in [0.15, 0.2) is 64.9 Å². The third-order valence-electron chi connectivity index (χ3n) is 2.70. The molecule has 0 atom stereocenters. The molecule has 2 aromatic carbocycles. The third kappa shape index (κ3) is 4.22. The number of nitrogens with zero attached hydrogens (tertiary/aromatic N) is 2. The number of hydrogen-bond donors (Lipinski definition) is 1. The minimum absolute atomic E-state index is 0.157. The molecule has 0 bridgehead atoms. The van der Waals surface area contributed by atoms with Crippen molar-refractivity contribution < 1.29 is 4.79 Å². The summed E-state index contributed by atoms with van der Waals surface area (Å²) in [6, 6.07) is 15.5. The van der Waals surface area contributed by atoms with Crippen molar-refractivity contribution in [3.05, 3.63) is 75.7 Å². The van der Waals surface area contributed by atoms with E-state index in [0.29, 0.717) is 21.9 Å². The summed E-state index contributed by atoms with van der Waals surface area (Å²) >= 11 is 5.90. The number of amides is 1. The predicted molar refractivity (Wildman–Crippen MR) is 82.6 cm³/mol. The Kier molecular flexibility index (Phi) is 5.17. The quantitative estimate of drug-likeness (QED) is 0.523. The van der Waals surface area contributed by atoms with Crippen molar-refractivity contribution >= 4 is 23.2 Å². The molecule has 0 fully saturated rings. The topological polar surface area (TPSA) is 70.9 Å². The van der Waals surface area contributed by atoms with E-state index in [0.717, 1.165) is 0 Å². The van der Waals surface area contributed by atoms with E-state index in [2.05, 4.69) is 15.7 Å². The summed E-state index contributed by atoms with van der Waals surface area (Å²) in [6.07, 6.45) is 0. The second-order valence-corrected chi connectivity index (χ2v) is 4.60. The number of halogens is 1. The van der Waals surface area contributed by atoms with Gasteiger partial charge in [-0.3, -0.25) is 4.79 Å². The Hall–Kier alpha value is -2.53. The molecular formula is C15H12ClN3O2. The largest absolute Gasteiger partial charge is 0.271 e. The summed E-state index contributed by atoms with van der Waals surface area (Å²) in [7, 11) is 0. The van der Waals surface area contributed by atoms with Crippen molar-refractivity contribution in [1.29, 1.82) is 0 Å². The Morgan fingerprint density at radius 3 is 2.43 bits per heavy atom. The average Bonchev–Trinajstić information content (AvgIpc) is 2.52. The molecule has 0 saturated heterocycles. The summed E-state index contributed by atoms with van der Waals surface area (Å²) in [4.78, 5) is 22.4. The first-order chi connectivity index (χ1) is 10.2. The molecule has 2 aromatic rings. The lowest BCUT2D eigenvalue weighted by Crippen LogP contribution is -2.21. The van der Waals surface area contributed by atoms with E-state index >= 15 is 0 Å². The molecule has 0 unspecified atom stereocenters. The van der Waals surface area contributed by atoms with Gasteiger partial charge in [0.25, 0.3) is 5.91 Å². The second kappa shape index (κ2) is 7.31. The fourth-order valence-electron chi connectivity index (χ4n) is 1.69. The molecule has 0 spiro atoms. The third-order valence-corrected chi connectivity index (χ3v) is 2.94. The minimum Gasteiger partial charge on any atom is -0.267 e. The van der Waals surface area contributed by atoms with E-state index in [-0.39, 0.29) is 12.5 Å². The number of rotatable bonds is 5. The van der Waals surface area contributed by atoms with Crippen LogP contribution in [0.3, 0.4) is 0 Å². The van der Waals surface area contributed by atoms with Gasteiger partial charge < -0.3 is 0 Å². The van der Waals surface area contributed by atoms with Crippen molar-refractivity contribution in [1.82, 2.24) is 5.43 Å². The Balaban J connectivity index is 2.18. The Labute approximate surface area is 126 Å². The van der Waals surface area contributed by atoms with Gasteiger partial charge in [0.15, 0.2) is 0 Å². The molecular weight excluding hydrogens is 290 g/mol. The van der Waals surface area contributed by atoms with Gasteiger partial charge in [0.2, 0.25) is 0 Å². The maximum absolute atomic E-state index is 11.9. The molecule has 0 aliphatic heterocycles. The highest BCUT2D eigenvalue weighted by atomic mass is 35.5. The van der Waals surface area contributed by atoms with Gasteiger partial charge in [-0.2, -0.15) is 10.0 Å². The number of benzene rings is 2. The molecule has 2 rings (SSSR count). The van der Waals surface area contributed by atoms with E-state index in [9.17, 15) is 9.70 Å². The molecule has 5 nitrogen and oxygen atoms in total. The molecule has 0 aliphatic rings. The molecule has 21 heavy (non-hydrogen) atoms. The maximum Gasteiger partial charge on any atom is 0.271 e. The standard InChI is InChI=1S/C15H12ClN3O2/c16-13-8-4-7-12(9-13)14(10-17-21)18-19-15(20)11-5-2-1-3-6-11/h1-9H,10H2,(H,19,20). The highest BCUT2D eigenvalue weighted by Crippen LogP contribution is 2.12. The number of nitroso groups, excluding NO2 is 1. The Morgan fingerprint density at radius 1 is 1.05 bits per heavy atom. The van der Waals surface area contributed by atoms with Crippen LogP contribution in [0.25, 0.3) is 0 Å². The molecule has 6 heteroatoms. The lowest BCUT2D eigenvalue weighted by atomic mass is 10.1. The highest BCUT2D eigenvalue weighted by Gasteiger charge is 2.07. The zero-order valence-corrected chi connectivity index (χ0v) is 11.7. The first-order valence-electron chi connectivity index (χ1n) is 6.17. The van der Waals surface area contributed by atoms with Gasteiger partial charge in [0.1, 0.15) is 6.54 Å². The lowest BCUT2D eigenvalue weighted by Gasteiger charge is -2.05. The molecule has 1 N–H and O–H groups in total. The van der Waals surface area contributed by atoms with Crippen LogP contribution in [0, 0.1) is 4.91 Å². The highest BCUT2D eigenvalue weighted by molar-refractivity contribution is 6.31. The maximum atomic E-state index is 11.9. The number of hydrazone groups is 1. The SMILES string of the molecule is O=NCC(=NNC(=O)c1ccccc1)c1cccc(Cl)c1. The van der Waals surface area contributed by atoms with Crippen LogP contribution in [0.2, 0.25) is 5.02 Å². The fourth-order valence-corrected chi connectivity index (χ4v) is 1.88. The first kappa shape index (κ1) is 14.9. The van der Waals surface area contributed by atoms with E-state index in [4.69, 9.17) is 11.6 Å². The van der Waals surface area contributed by atoms with Crippen LogP contribution >= 0.6 is 11.6 Å². The fraction of sp³-hybridized carbons (Fsp3) is 0.0667. The smallest absolute Gasteiger partial charge is 0.267 e. The summed E-state index contributed by atoms with van der Waals surface area (Å²) in [6.45, 7) is -0.157. The summed E-state index contributed by atoms with van der Waals surface area (Å²) in [5, 5.41) is 7.30. The lowest BCUT2D eigenvalue weighted by molar-refractivity contribution is 0.0955. The number of nitrogens with one attached hydrogen (secondary N) is 1. The van der Waals surface area contributed by atoms with Crippen molar-refractivity contribution in [3.63, 3.8) is 0 Å². The van der Waals surface area contributed by atoms with Gasteiger partial charge >= 0.3 is 0 Å². The summed E-state index contributed by atoms with van der Waals surface area (Å²) in [5.74, 6) is -0.360. The van der Waals surface area contributed by atoms with Gasteiger partial charge in [-0.1, -0.05) is 47.1 Å². The Morgan fingerprint density at radius 2 is 1.76 bits per heavy atom.